The number of rotatable bonds is 4. The van der Waals surface area contributed by atoms with Gasteiger partial charge in [-0.2, -0.15) is 0 Å². The lowest BCUT2D eigenvalue weighted by Gasteiger charge is -2.24. The van der Waals surface area contributed by atoms with E-state index in [1.54, 1.807) is 0 Å². The van der Waals surface area contributed by atoms with Crippen molar-refractivity contribution < 1.29 is 9.53 Å². The maximum atomic E-state index is 11.8. The van der Waals surface area contributed by atoms with Crippen LogP contribution in [0.3, 0.4) is 0 Å². The van der Waals surface area contributed by atoms with Crippen molar-refractivity contribution in [1.29, 1.82) is 0 Å². The quantitative estimate of drug-likeness (QED) is 0.772. The van der Waals surface area contributed by atoms with Crippen molar-refractivity contribution in [1.82, 2.24) is 10.6 Å². The molecule has 2 N–H and O–H groups in total. The summed E-state index contributed by atoms with van der Waals surface area (Å²) in [5.41, 5.74) is 0. The highest BCUT2D eigenvalue weighted by molar-refractivity contribution is 5.78. The van der Waals surface area contributed by atoms with E-state index in [0.29, 0.717) is 6.10 Å². The molecule has 2 fully saturated rings. The molecule has 2 saturated heterocycles. The highest BCUT2D eigenvalue weighted by Crippen LogP contribution is 2.15. The first kappa shape index (κ1) is 12.8. The maximum absolute atomic E-state index is 11.8. The molecular formula is C13H24N2O2. The van der Waals surface area contributed by atoms with E-state index >= 15 is 0 Å². The Balaban J connectivity index is 1.58. The molecule has 4 nitrogen and oxygen atoms in total. The average Bonchev–Trinajstić information content (AvgIpc) is 2.41. The molecule has 2 aliphatic heterocycles. The average molecular weight is 240 g/mol. The molecule has 0 aromatic carbocycles. The van der Waals surface area contributed by atoms with Gasteiger partial charge in [0.2, 0.25) is 5.91 Å². The normalized spacial score (nSPS) is 29.9. The van der Waals surface area contributed by atoms with E-state index in [0.717, 1.165) is 51.9 Å². The van der Waals surface area contributed by atoms with Gasteiger partial charge in [-0.15, -0.1) is 0 Å². The summed E-state index contributed by atoms with van der Waals surface area (Å²) in [6.07, 6.45) is 7.09. The number of carbonyl (C=O) groups is 1. The lowest BCUT2D eigenvalue weighted by Crippen LogP contribution is -2.41. The topological polar surface area (TPSA) is 50.4 Å². The highest BCUT2D eigenvalue weighted by Gasteiger charge is 2.21. The van der Waals surface area contributed by atoms with Gasteiger partial charge in [0, 0.05) is 19.7 Å². The van der Waals surface area contributed by atoms with Crippen molar-refractivity contribution in [2.75, 3.05) is 26.2 Å². The van der Waals surface area contributed by atoms with E-state index in [-0.39, 0.29) is 11.8 Å². The molecule has 0 saturated carbocycles. The molecule has 2 aliphatic rings. The Morgan fingerprint density at radius 1 is 1.29 bits per heavy atom. The number of amides is 1. The molecule has 17 heavy (non-hydrogen) atoms. The van der Waals surface area contributed by atoms with E-state index in [4.69, 9.17) is 4.74 Å². The number of nitrogens with one attached hydrogen (secondary N) is 2. The molecule has 2 heterocycles. The first-order chi connectivity index (χ1) is 8.36. The summed E-state index contributed by atoms with van der Waals surface area (Å²) in [5.74, 6) is 0.393. The van der Waals surface area contributed by atoms with Gasteiger partial charge in [-0.25, -0.2) is 0 Å². The van der Waals surface area contributed by atoms with Gasteiger partial charge in [0.1, 0.15) is 0 Å². The summed E-state index contributed by atoms with van der Waals surface area (Å²) in [5, 5.41) is 6.31. The number of hydrogen-bond acceptors (Lipinski definition) is 3. The number of ether oxygens (including phenoxy) is 1. The molecule has 1 unspecified atom stereocenters. The molecule has 4 heteroatoms. The molecule has 0 aromatic heterocycles. The van der Waals surface area contributed by atoms with Gasteiger partial charge in [0.15, 0.2) is 0 Å². The van der Waals surface area contributed by atoms with E-state index in [1.807, 2.05) is 0 Å². The SMILES string of the molecule is O=C(NCCC1CCCCO1)[C@H]1CCCNC1. The summed E-state index contributed by atoms with van der Waals surface area (Å²) in [6, 6.07) is 0. The second-order valence-electron chi connectivity index (χ2n) is 5.11. The predicted octanol–water partition coefficient (Wildman–Crippen LogP) is 1.06. The zero-order chi connectivity index (χ0) is 11.9. The van der Waals surface area contributed by atoms with Crippen LogP contribution in [0.15, 0.2) is 0 Å². The highest BCUT2D eigenvalue weighted by atomic mass is 16.5. The maximum Gasteiger partial charge on any atom is 0.224 e. The van der Waals surface area contributed by atoms with Gasteiger partial charge >= 0.3 is 0 Å². The first-order valence-electron chi connectivity index (χ1n) is 6.96. The van der Waals surface area contributed by atoms with Crippen molar-refractivity contribution in [3.63, 3.8) is 0 Å². The Morgan fingerprint density at radius 2 is 2.24 bits per heavy atom. The Labute approximate surface area is 103 Å². The summed E-state index contributed by atoms with van der Waals surface area (Å²) < 4.78 is 5.64. The van der Waals surface area contributed by atoms with Crippen molar-refractivity contribution in [3.8, 4) is 0 Å². The van der Waals surface area contributed by atoms with Gasteiger partial charge in [-0.05, 0) is 45.1 Å². The standard InChI is InChI=1S/C13H24N2O2/c16-13(11-4-3-7-14-10-11)15-8-6-12-5-1-2-9-17-12/h11-12,14H,1-10H2,(H,15,16)/t11-,12?/m0/s1. The fraction of sp³-hybridized carbons (Fsp3) is 0.923. The molecule has 2 rings (SSSR count). The monoisotopic (exact) mass is 240 g/mol. The minimum atomic E-state index is 0.177. The molecular weight excluding hydrogens is 216 g/mol. The molecule has 0 aliphatic carbocycles. The summed E-state index contributed by atoms with van der Waals surface area (Å²) in [7, 11) is 0. The van der Waals surface area contributed by atoms with Gasteiger partial charge in [0.05, 0.1) is 12.0 Å². The third kappa shape index (κ3) is 4.28. The van der Waals surface area contributed by atoms with Crippen LogP contribution >= 0.6 is 0 Å². The molecule has 0 spiro atoms. The summed E-state index contributed by atoms with van der Waals surface area (Å²) in [6.45, 7) is 3.55. The van der Waals surface area contributed by atoms with Crippen LogP contribution in [0.4, 0.5) is 0 Å². The molecule has 1 amide bonds. The minimum Gasteiger partial charge on any atom is -0.378 e. The molecule has 98 valence electrons. The first-order valence-corrected chi connectivity index (χ1v) is 6.96. The third-order valence-electron chi connectivity index (χ3n) is 3.71. The Morgan fingerprint density at radius 3 is 2.94 bits per heavy atom. The van der Waals surface area contributed by atoms with Gasteiger partial charge in [0.25, 0.3) is 0 Å². The van der Waals surface area contributed by atoms with Crippen LogP contribution in [0.2, 0.25) is 0 Å². The number of hydrogen-bond donors (Lipinski definition) is 2. The molecule has 0 bridgehead atoms. The van der Waals surface area contributed by atoms with Crippen LogP contribution < -0.4 is 10.6 Å². The Hall–Kier alpha value is -0.610. The molecule has 0 radical (unpaired) electrons. The zero-order valence-electron chi connectivity index (χ0n) is 10.5. The lowest BCUT2D eigenvalue weighted by molar-refractivity contribution is -0.125. The van der Waals surface area contributed by atoms with Crippen molar-refractivity contribution in [2.24, 2.45) is 5.92 Å². The largest absolute Gasteiger partial charge is 0.378 e. The van der Waals surface area contributed by atoms with E-state index in [2.05, 4.69) is 10.6 Å². The van der Waals surface area contributed by atoms with Gasteiger partial charge in [-0.3, -0.25) is 4.79 Å². The van der Waals surface area contributed by atoms with Crippen LogP contribution in [0.1, 0.15) is 38.5 Å². The molecule has 0 aromatic rings. The lowest BCUT2D eigenvalue weighted by atomic mass is 9.99. The van der Waals surface area contributed by atoms with Crippen LogP contribution in [-0.4, -0.2) is 38.3 Å². The van der Waals surface area contributed by atoms with Crippen LogP contribution in [0.25, 0.3) is 0 Å². The van der Waals surface area contributed by atoms with Crippen LogP contribution in [0, 0.1) is 5.92 Å². The second-order valence-corrected chi connectivity index (χ2v) is 5.11. The summed E-state index contributed by atoms with van der Waals surface area (Å²) in [4.78, 5) is 11.8. The second kappa shape index (κ2) is 6.97. The van der Waals surface area contributed by atoms with Gasteiger partial charge < -0.3 is 15.4 Å². The van der Waals surface area contributed by atoms with E-state index in [1.165, 1.54) is 12.8 Å². The fourth-order valence-electron chi connectivity index (χ4n) is 2.61. The number of carbonyl (C=O) groups excluding carboxylic acids is 1. The Kier molecular flexibility index (Phi) is 5.26. The van der Waals surface area contributed by atoms with Gasteiger partial charge in [-0.1, -0.05) is 0 Å². The van der Waals surface area contributed by atoms with E-state index in [9.17, 15) is 4.79 Å². The predicted molar refractivity (Wildman–Crippen MR) is 66.8 cm³/mol. The fourth-order valence-corrected chi connectivity index (χ4v) is 2.61. The van der Waals surface area contributed by atoms with Crippen LogP contribution in [0.5, 0.6) is 0 Å². The van der Waals surface area contributed by atoms with E-state index < -0.39 is 0 Å². The van der Waals surface area contributed by atoms with Crippen LogP contribution in [-0.2, 0) is 9.53 Å². The van der Waals surface area contributed by atoms with Crippen molar-refractivity contribution in [3.05, 3.63) is 0 Å². The van der Waals surface area contributed by atoms with Crippen molar-refractivity contribution >= 4 is 5.91 Å². The Bertz CT molecular complexity index is 234. The minimum absolute atomic E-state index is 0.177. The summed E-state index contributed by atoms with van der Waals surface area (Å²) >= 11 is 0. The zero-order valence-corrected chi connectivity index (χ0v) is 10.5. The third-order valence-corrected chi connectivity index (χ3v) is 3.71. The smallest absolute Gasteiger partial charge is 0.224 e. The van der Waals surface area contributed by atoms with Crippen molar-refractivity contribution in [2.45, 2.75) is 44.6 Å². The number of piperidine rings is 1. The molecule has 2 atom stereocenters.